The number of carbonyl (C=O) groups is 5. The Kier molecular flexibility index (Phi) is 11.9. The predicted octanol–water partition coefficient (Wildman–Crippen LogP) is 1.85. The number of nitrogens with zero attached hydrogens (tertiary/aromatic N) is 2. The van der Waals surface area contributed by atoms with Gasteiger partial charge in [-0.1, -0.05) is 44.2 Å². The van der Waals surface area contributed by atoms with Gasteiger partial charge in [0.25, 0.3) is 17.7 Å². The number of carbonyl (C=O) groups excluding carboxylic acids is 5. The van der Waals surface area contributed by atoms with Gasteiger partial charge in [0, 0.05) is 26.6 Å². The topological polar surface area (TPSA) is 156 Å². The average Bonchev–Trinajstić information content (AvgIpc) is 2.98. The van der Waals surface area contributed by atoms with Gasteiger partial charge in [-0.15, -0.1) is 0 Å². The van der Waals surface area contributed by atoms with E-state index in [1.807, 2.05) is 30.3 Å². The molecule has 2 saturated heterocycles. The summed E-state index contributed by atoms with van der Waals surface area (Å²) in [5, 5.41) is 10.2. The van der Waals surface area contributed by atoms with E-state index in [4.69, 9.17) is 14.4 Å². The third-order valence-electron chi connectivity index (χ3n) is 6.99. The smallest absolute Gasteiger partial charge is 0.408 e. The molecular formula is C30H45N5O8. The predicted molar refractivity (Wildman–Crippen MR) is 156 cm³/mol. The van der Waals surface area contributed by atoms with Crippen LogP contribution in [0.2, 0.25) is 0 Å². The molecule has 0 saturated carbocycles. The van der Waals surface area contributed by atoms with Crippen LogP contribution in [0.1, 0.15) is 65.9 Å². The molecule has 4 atom stereocenters. The monoisotopic (exact) mass is 603 g/mol. The molecule has 238 valence electrons. The van der Waals surface area contributed by atoms with Crippen molar-refractivity contribution in [3.05, 3.63) is 35.9 Å². The highest BCUT2D eigenvalue weighted by atomic mass is 16.7. The molecule has 0 unspecified atom stereocenters. The van der Waals surface area contributed by atoms with Gasteiger partial charge in [-0.05, 0) is 57.9 Å². The molecule has 2 aliphatic heterocycles. The lowest BCUT2D eigenvalue weighted by molar-refractivity contribution is -0.254. The van der Waals surface area contributed by atoms with Crippen molar-refractivity contribution < 1.29 is 38.4 Å². The fraction of sp³-hybridized carbons (Fsp3) is 0.633. The Labute approximate surface area is 252 Å². The van der Waals surface area contributed by atoms with Gasteiger partial charge in [0.2, 0.25) is 5.91 Å². The first-order valence-electron chi connectivity index (χ1n) is 14.8. The van der Waals surface area contributed by atoms with Gasteiger partial charge in [0.05, 0.1) is 0 Å². The summed E-state index contributed by atoms with van der Waals surface area (Å²) in [6.07, 6.45) is -0.720. The molecule has 2 aliphatic rings. The van der Waals surface area contributed by atoms with E-state index in [9.17, 15) is 24.0 Å². The fourth-order valence-corrected chi connectivity index (χ4v) is 4.79. The Morgan fingerprint density at radius 2 is 1.53 bits per heavy atom. The number of benzene rings is 1. The van der Waals surface area contributed by atoms with Crippen molar-refractivity contribution in [2.45, 2.75) is 96.6 Å². The van der Waals surface area contributed by atoms with Gasteiger partial charge in [0.15, 0.2) is 12.2 Å². The molecule has 3 rings (SSSR count). The summed E-state index contributed by atoms with van der Waals surface area (Å²) >= 11 is 0. The first kappa shape index (κ1) is 33.8. The Bertz CT molecular complexity index is 1140. The molecule has 13 heteroatoms. The lowest BCUT2D eigenvalue weighted by Crippen LogP contribution is -2.57. The van der Waals surface area contributed by atoms with E-state index in [-0.39, 0.29) is 24.9 Å². The van der Waals surface area contributed by atoms with Gasteiger partial charge in [-0.3, -0.25) is 28.9 Å². The second-order valence-electron chi connectivity index (χ2n) is 12.1. The highest BCUT2D eigenvalue weighted by Crippen LogP contribution is 2.22. The first-order valence-corrected chi connectivity index (χ1v) is 14.8. The third-order valence-corrected chi connectivity index (χ3v) is 6.99. The quantitative estimate of drug-likeness (QED) is 0.386. The number of rotatable bonds is 9. The first-order chi connectivity index (χ1) is 20.3. The number of hydrogen-bond donors (Lipinski definition) is 3. The van der Waals surface area contributed by atoms with Crippen LogP contribution in [0.4, 0.5) is 4.79 Å². The van der Waals surface area contributed by atoms with E-state index < -0.39 is 53.7 Å². The van der Waals surface area contributed by atoms with Crippen LogP contribution in [0.3, 0.4) is 0 Å². The molecular weight excluding hydrogens is 558 g/mol. The molecule has 2 fully saturated rings. The van der Waals surface area contributed by atoms with Crippen LogP contribution in [0.25, 0.3) is 0 Å². The fourth-order valence-electron chi connectivity index (χ4n) is 4.79. The highest BCUT2D eigenvalue weighted by molar-refractivity contribution is 5.90. The van der Waals surface area contributed by atoms with Crippen molar-refractivity contribution in [3.8, 4) is 0 Å². The van der Waals surface area contributed by atoms with Crippen LogP contribution in [0, 0.1) is 5.92 Å². The minimum Gasteiger partial charge on any atom is -0.444 e. The van der Waals surface area contributed by atoms with Gasteiger partial charge in [0.1, 0.15) is 17.7 Å². The number of likely N-dealkylation sites (N-methyl/N-ethyl adjacent to an activating group) is 1. The summed E-state index contributed by atoms with van der Waals surface area (Å²) in [6, 6.07) is 7.57. The SMILES string of the molecule is CNC(=O)[C@H](Cc1ccccc1)NC(=O)[C@@H]1CCCN(C(=O)[C@H]2CCCN(C(=O)[C@@H](NC(=O)OC(C)(C)C)C(C)C)O2)O1. The average molecular weight is 604 g/mol. The molecule has 13 nitrogen and oxygen atoms in total. The molecule has 0 spiro atoms. The van der Waals surface area contributed by atoms with Gasteiger partial charge in [-0.2, -0.15) is 0 Å². The number of nitrogens with one attached hydrogen (secondary N) is 3. The summed E-state index contributed by atoms with van der Waals surface area (Å²) in [6.45, 7) is 9.24. The summed E-state index contributed by atoms with van der Waals surface area (Å²) in [4.78, 5) is 76.3. The van der Waals surface area contributed by atoms with Crippen molar-refractivity contribution in [1.82, 2.24) is 26.1 Å². The van der Waals surface area contributed by atoms with Crippen molar-refractivity contribution in [3.63, 3.8) is 0 Å². The number of ether oxygens (including phenoxy) is 1. The van der Waals surface area contributed by atoms with Crippen molar-refractivity contribution >= 4 is 29.7 Å². The van der Waals surface area contributed by atoms with Crippen LogP contribution in [-0.4, -0.2) is 89.9 Å². The zero-order chi connectivity index (χ0) is 31.7. The zero-order valence-corrected chi connectivity index (χ0v) is 25.9. The molecule has 3 N–H and O–H groups in total. The maximum Gasteiger partial charge on any atom is 0.408 e. The summed E-state index contributed by atoms with van der Waals surface area (Å²) < 4.78 is 5.30. The van der Waals surface area contributed by atoms with Crippen molar-refractivity contribution in [2.24, 2.45) is 5.92 Å². The maximum absolute atomic E-state index is 13.4. The lowest BCUT2D eigenvalue weighted by Gasteiger charge is -2.38. The number of alkyl carbamates (subject to hydrolysis) is 1. The van der Waals surface area contributed by atoms with Crippen molar-refractivity contribution in [2.75, 3.05) is 20.1 Å². The normalized spacial score (nSPS) is 20.5. The lowest BCUT2D eigenvalue weighted by atomic mass is 10.0. The largest absolute Gasteiger partial charge is 0.444 e. The Morgan fingerprint density at radius 1 is 0.930 bits per heavy atom. The number of hydroxylamine groups is 4. The molecule has 2 heterocycles. The summed E-state index contributed by atoms with van der Waals surface area (Å²) in [7, 11) is 1.50. The minimum atomic E-state index is -1.01. The molecule has 0 aromatic heterocycles. The van der Waals surface area contributed by atoms with E-state index in [1.165, 1.54) is 7.05 Å². The Hall–Kier alpha value is -3.71. The van der Waals surface area contributed by atoms with Gasteiger partial charge >= 0.3 is 6.09 Å². The molecule has 0 radical (unpaired) electrons. The second-order valence-corrected chi connectivity index (χ2v) is 12.1. The highest BCUT2D eigenvalue weighted by Gasteiger charge is 2.40. The Balaban J connectivity index is 1.61. The van der Waals surface area contributed by atoms with E-state index in [2.05, 4.69) is 16.0 Å². The maximum atomic E-state index is 13.4. The minimum absolute atomic E-state index is 0.244. The van der Waals surface area contributed by atoms with Crippen LogP contribution < -0.4 is 16.0 Å². The van der Waals surface area contributed by atoms with Gasteiger partial charge < -0.3 is 20.7 Å². The zero-order valence-electron chi connectivity index (χ0n) is 25.9. The van der Waals surface area contributed by atoms with Crippen LogP contribution in [0.15, 0.2) is 30.3 Å². The third kappa shape index (κ3) is 9.92. The Morgan fingerprint density at radius 3 is 2.14 bits per heavy atom. The molecule has 43 heavy (non-hydrogen) atoms. The van der Waals surface area contributed by atoms with E-state index in [0.717, 1.165) is 15.7 Å². The molecule has 1 aromatic carbocycles. The number of amides is 5. The van der Waals surface area contributed by atoms with Gasteiger partial charge in [-0.25, -0.2) is 14.9 Å². The standard InChI is InChI=1S/C30H45N5O8/c1-19(2)24(33-29(40)41-30(3,4)5)28(39)35-17-11-15-23(43-35)27(38)34-16-10-14-22(42-34)26(37)32-21(25(36)31-6)18-20-12-8-7-9-13-20/h7-9,12-13,19,21-24H,10-11,14-18H2,1-6H3,(H,31,36)(H,32,37)(H,33,40)/t21-,22-,23+,24-/m0/s1. The van der Waals surface area contributed by atoms with E-state index >= 15 is 0 Å². The molecule has 0 bridgehead atoms. The molecule has 0 aliphatic carbocycles. The van der Waals surface area contributed by atoms with Crippen molar-refractivity contribution in [1.29, 1.82) is 0 Å². The molecule has 1 aromatic rings. The van der Waals surface area contributed by atoms with Crippen LogP contribution in [0.5, 0.6) is 0 Å². The van der Waals surface area contributed by atoms with E-state index in [1.54, 1.807) is 34.6 Å². The second kappa shape index (κ2) is 15.1. The summed E-state index contributed by atoms with van der Waals surface area (Å²) in [5.74, 6) is -2.12. The molecule has 5 amide bonds. The number of hydrogen-bond acceptors (Lipinski definition) is 8. The summed E-state index contributed by atoms with van der Waals surface area (Å²) in [5.41, 5.74) is 0.148. The van der Waals surface area contributed by atoms with Crippen LogP contribution >= 0.6 is 0 Å². The van der Waals surface area contributed by atoms with Crippen LogP contribution in [-0.2, 0) is 40.0 Å². The van der Waals surface area contributed by atoms with E-state index in [0.29, 0.717) is 32.1 Å².